The van der Waals surface area contributed by atoms with Crippen LogP contribution in [0.1, 0.15) is 30.7 Å². The minimum Gasteiger partial charge on any atom is -0.481 e. The van der Waals surface area contributed by atoms with Gasteiger partial charge in [-0.1, -0.05) is 0 Å². The topological polar surface area (TPSA) is 245 Å². The van der Waals surface area contributed by atoms with E-state index in [0.29, 0.717) is 23.6 Å². The highest BCUT2D eigenvalue weighted by Crippen LogP contribution is 2.06. The summed E-state index contributed by atoms with van der Waals surface area (Å²) in [5.41, 5.74) is 6.82. The number of hydrogen-bond donors (Lipinski definition) is 8. The summed E-state index contributed by atoms with van der Waals surface area (Å²) < 4.78 is 0. The van der Waals surface area contributed by atoms with Crippen molar-refractivity contribution in [2.75, 3.05) is 12.0 Å². The number of carbonyl (C=O) groups excluding carboxylic acids is 3. The molecule has 16 heteroatoms. The molecular formula is C22H32N8O7S. The van der Waals surface area contributed by atoms with E-state index in [9.17, 15) is 29.1 Å². The van der Waals surface area contributed by atoms with E-state index in [0.717, 1.165) is 0 Å². The van der Waals surface area contributed by atoms with E-state index in [2.05, 4.69) is 35.9 Å². The largest absolute Gasteiger partial charge is 0.481 e. The maximum absolute atomic E-state index is 13.1. The minimum absolute atomic E-state index is 0.0825. The number of carbonyl (C=O) groups is 5. The Labute approximate surface area is 222 Å². The molecule has 0 aromatic carbocycles. The van der Waals surface area contributed by atoms with E-state index < -0.39 is 60.2 Å². The number of H-pyrrole nitrogens is 2. The zero-order valence-electron chi connectivity index (χ0n) is 20.7. The van der Waals surface area contributed by atoms with Crippen molar-refractivity contribution >= 4 is 41.4 Å². The van der Waals surface area contributed by atoms with Crippen molar-refractivity contribution < 1.29 is 34.2 Å². The van der Waals surface area contributed by atoms with Crippen LogP contribution in [0.5, 0.6) is 0 Å². The Morgan fingerprint density at radius 3 is 1.89 bits per heavy atom. The SMILES string of the molecule is CSCCC(N)C(=O)NC(CCC(=O)O)C(=O)NC(Cc1cnc[nH]1)C(=O)NC(Cc1cnc[nH]1)C(=O)O. The average Bonchev–Trinajstić information content (AvgIpc) is 3.58. The molecule has 38 heavy (non-hydrogen) atoms. The van der Waals surface area contributed by atoms with Crippen molar-refractivity contribution in [1.82, 2.24) is 35.9 Å². The molecule has 4 atom stereocenters. The molecule has 9 N–H and O–H groups in total. The molecule has 2 aromatic heterocycles. The van der Waals surface area contributed by atoms with Crippen LogP contribution in [-0.2, 0) is 36.8 Å². The molecule has 0 bridgehead atoms. The molecule has 0 fully saturated rings. The Morgan fingerprint density at radius 1 is 0.868 bits per heavy atom. The summed E-state index contributed by atoms with van der Waals surface area (Å²) in [5.74, 6) is -4.14. The number of hydrogen-bond acceptors (Lipinski definition) is 9. The van der Waals surface area contributed by atoms with Crippen LogP contribution in [0.15, 0.2) is 25.0 Å². The Morgan fingerprint density at radius 2 is 1.39 bits per heavy atom. The summed E-state index contributed by atoms with van der Waals surface area (Å²) in [6.07, 6.45) is 6.94. The van der Waals surface area contributed by atoms with Gasteiger partial charge in [-0.3, -0.25) is 19.2 Å². The molecule has 15 nitrogen and oxygen atoms in total. The molecule has 0 aliphatic heterocycles. The highest BCUT2D eigenvalue weighted by molar-refractivity contribution is 7.98. The molecule has 0 saturated carbocycles. The number of carboxylic acid groups (broad SMARTS) is 2. The zero-order chi connectivity index (χ0) is 28.1. The summed E-state index contributed by atoms with van der Waals surface area (Å²) in [5, 5.41) is 26.1. The Balaban J connectivity index is 2.19. The van der Waals surface area contributed by atoms with Gasteiger partial charge in [0.2, 0.25) is 17.7 Å². The van der Waals surface area contributed by atoms with Crippen molar-refractivity contribution in [1.29, 1.82) is 0 Å². The Kier molecular flexibility index (Phi) is 12.2. The van der Waals surface area contributed by atoms with Gasteiger partial charge in [0.15, 0.2) is 0 Å². The summed E-state index contributed by atoms with van der Waals surface area (Å²) >= 11 is 1.49. The van der Waals surface area contributed by atoms with Gasteiger partial charge in [-0.05, 0) is 24.9 Å². The van der Waals surface area contributed by atoms with E-state index in [1.807, 2.05) is 6.26 Å². The quantitative estimate of drug-likeness (QED) is 0.111. The summed E-state index contributed by atoms with van der Waals surface area (Å²) in [6.45, 7) is 0. The maximum atomic E-state index is 13.1. The van der Waals surface area contributed by atoms with E-state index >= 15 is 0 Å². The lowest BCUT2D eigenvalue weighted by Crippen LogP contribution is -2.58. The lowest BCUT2D eigenvalue weighted by Gasteiger charge is -2.25. The van der Waals surface area contributed by atoms with Gasteiger partial charge < -0.3 is 41.9 Å². The number of amides is 3. The number of carboxylic acids is 2. The molecule has 2 heterocycles. The second-order valence-electron chi connectivity index (χ2n) is 8.40. The van der Waals surface area contributed by atoms with Gasteiger partial charge in [-0.2, -0.15) is 11.8 Å². The van der Waals surface area contributed by atoms with Crippen molar-refractivity contribution in [2.24, 2.45) is 5.73 Å². The van der Waals surface area contributed by atoms with E-state index in [1.54, 1.807) is 0 Å². The fraction of sp³-hybridized carbons (Fsp3) is 0.500. The van der Waals surface area contributed by atoms with Crippen molar-refractivity contribution in [3.63, 3.8) is 0 Å². The zero-order valence-corrected chi connectivity index (χ0v) is 21.5. The number of aromatic nitrogens is 4. The molecule has 2 aromatic rings. The van der Waals surface area contributed by atoms with Crippen LogP contribution in [0.2, 0.25) is 0 Å². The normalized spacial score (nSPS) is 14.1. The molecule has 2 rings (SSSR count). The second kappa shape index (κ2) is 15.4. The van der Waals surface area contributed by atoms with Gasteiger partial charge >= 0.3 is 11.9 Å². The Hall–Kier alpha value is -3.92. The predicted molar refractivity (Wildman–Crippen MR) is 136 cm³/mol. The number of aliphatic carboxylic acids is 2. The lowest BCUT2D eigenvalue weighted by molar-refractivity contribution is -0.142. The fourth-order valence-corrected chi connectivity index (χ4v) is 3.87. The average molecular weight is 553 g/mol. The molecule has 0 aliphatic rings. The second-order valence-corrected chi connectivity index (χ2v) is 9.39. The molecule has 3 amide bonds. The number of nitrogens with one attached hydrogen (secondary N) is 5. The van der Waals surface area contributed by atoms with Crippen LogP contribution < -0.4 is 21.7 Å². The standard InChI is InChI=1S/C22H32N8O7S/c1-38-5-4-14(23)19(33)28-15(2-3-18(31)32)20(34)29-16(6-12-8-24-10-26-12)21(35)30-17(22(36)37)7-13-9-25-11-27-13/h8-11,14-17H,2-7,23H2,1H3,(H,24,26)(H,25,27)(H,28,33)(H,29,34)(H,30,35)(H,31,32)(H,36,37). The first-order valence-corrected chi connectivity index (χ1v) is 13.0. The van der Waals surface area contributed by atoms with E-state index in [-0.39, 0.29) is 19.3 Å². The van der Waals surface area contributed by atoms with Crippen molar-refractivity contribution in [3.05, 3.63) is 36.4 Å². The van der Waals surface area contributed by atoms with Gasteiger partial charge in [0.05, 0.1) is 18.7 Å². The number of aromatic amines is 2. The number of nitrogens with zero attached hydrogens (tertiary/aromatic N) is 2. The lowest BCUT2D eigenvalue weighted by atomic mass is 10.1. The molecule has 0 saturated heterocycles. The van der Waals surface area contributed by atoms with Crippen LogP contribution in [0, 0.1) is 0 Å². The third-order valence-corrected chi connectivity index (χ3v) is 6.10. The van der Waals surface area contributed by atoms with Gasteiger partial charge in [0.25, 0.3) is 0 Å². The van der Waals surface area contributed by atoms with Crippen LogP contribution in [0.3, 0.4) is 0 Å². The highest BCUT2D eigenvalue weighted by Gasteiger charge is 2.31. The van der Waals surface area contributed by atoms with Crippen molar-refractivity contribution in [2.45, 2.75) is 56.3 Å². The molecule has 0 spiro atoms. The predicted octanol–water partition coefficient (Wildman–Crippen LogP) is -1.60. The number of thioether (sulfide) groups is 1. The van der Waals surface area contributed by atoms with Gasteiger partial charge in [-0.25, -0.2) is 14.8 Å². The van der Waals surface area contributed by atoms with Gasteiger partial charge in [0.1, 0.15) is 18.1 Å². The molecular weight excluding hydrogens is 520 g/mol. The number of nitrogens with two attached hydrogens (primary N) is 1. The minimum atomic E-state index is -1.33. The van der Waals surface area contributed by atoms with E-state index in [1.165, 1.54) is 36.8 Å². The van der Waals surface area contributed by atoms with Crippen LogP contribution in [0.25, 0.3) is 0 Å². The molecule has 0 radical (unpaired) electrons. The van der Waals surface area contributed by atoms with Crippen LogP contribution in [0.4, 0.5) is 0 Å². The summed E-state index contributed by atoms with van der Waals surface area (Å²) in [4.78, 5) is 75.0. The van der Waals surface area contributed by atoms with Gasteiger partial charge in [-0.15, -0.1) is 0 Å². The summed E-state index contributed by atoms with van der Waals surface area (Å²) in [6, 6.07) is -4.82. The summed E-state index contributed by atoms with van der Waals surface area (Å²) in [7, 11) is 0. The van der Waals surface area contributed by atoms with Crippen LogP contribution >= 0.6 is 11.8 Å². The third-order valence-electron chi connectivity index (χ3n) is 5.45. The smallest absolute Gasteiger partial charge is 0.326 e. The van der Waals surface area contributed by atoms with E-state index in [4.69, 9.17) is 10.8 Å². The third kappa shape index (κ3) is 10.2. The first-order valence-electron chi connectivity index (χ1n) is 11.6. The Bertz CT molecular complexity index is 1060. The fourth-order valence-electron chi connectivity index (χ4n) is 3.38. The first kappa shape index (κ1) is 30.3. The van der Waals surface area contributed by atoms with Crippen molar-refractivity contribution in [3.8, 4) is 0 Å². The highest BCUT2D eigenvalue weighted by atomic mass is 32.2. The molecule has 0 aliphatic carbocycles. The maximum Gasteiger partial charge on any atom is 0.326 e. The molecule has 208 valence electrons. The number of imidazole rings is 2. The first-order chi connectivity index (χ1) is 18.1. The van der Waals surface area contributed by atoms with Crippen LogP contribution in [-0.4, -0.2) is 96.0 Å². The monoisotopic (exact) mass is 552 g/mol. The van der Waals surface area contributed by atoms with Gasteiger partial charge in [0, 0.05) is 43.0 Å². The molecule has 4 unspecified atom stereocenters. The number of rotatable bonds is 17.